The van der Waals surface area contributed by atoms with Gasteiger partial charge < -0.3 is 10.0 Å². The lowest BCUT2D eigenvalue weighted by Gasteiger charge is -2.23. The van der Waals surface area contributed by atoms with Gasteiger partial charge in [0.15, 0.2) is 5.13 Å². The zero-order chi connectivity index (χ0) is 11.7. The van der Waals surface area contributed by atoms with Gasteiger partial charge in [-0.25, -0.2) is 9.78 Å². The molecule has 5 heteroatoms. The van der Waals surface area contributed by atoms with Gasteiger partial charge in [-0.3, -0.25) is 0 Å². The highest BCUT2D eigenvalue weighted by Gasteiger charge is 2.23. The predicted molar refractivity (Wildman–Crippen MR) is 64.5 cm³/mol. The molecule has 2 rings (SSSR count). The molecule has 0 amide bonds. The Kier molecular flexibility index (Phi) is 3.14. The summed E-state index contributed by atoms with van der Waals surface area (Å²) in [6.45, 7) is 1.76. The number of carboxylic acids is 1. The fourth-order valence-corrected chi connectivity index (χ4v) is 3.12. The number of hydrogen-bond donors (Lipinski definition) is 1. The molecular weight excluding hydrogens is 224 g/mol. The van der Waals surface area contributed by atoms with Gasteiger partial charge in [0.2, 0.25) is 0 Å². The molecule has 0 saturated heterocycles. The summed E-state index contributed by atoms with van der Waals surface area (Å²) in [6, 6.07) is 0.534. The third-order valence-electron chi connectivity index (χ3n) is 3.15. The lowest BCUT2D eigenvalue weighted by atomic mass is 10.2. The summed E-state index contributed by atoms with van der Waals surface area (Å²) in [4.78, 5) is 17.8. The second-order valence-electron chi connectivity index (χ2n) is 4.27. The summed E-state index contributed by atoms with van der Waals surface area (Å²) in [5, 5.41) is 9.81. The van der Waals surface area contributed by atoms with Crippen LogP contribution in [0.3, 0.4) is 0 Å². The molecule has 0 bridgehead atoms. The summed E-state index contributed by atoms with van der Waals surface area (Å²) >= 11 is 1.28. The Balaban J connectivity index is 2.20. The Labute approximate surface area is 98.9 Å². The molecule has 1 fully saturated rings. The fourth-order valence-electron chi connectivity index (χ4n) is 2.18. The molecule has 0 aliphatic heterocycles. The number of nitrogens with zero attached hydrogens (tertiary/aromatic N) is 2. The summed E-state index contributed by atoms with van der Waals surface area (Å²) in [5.41, 5.74) is 0.623. The lowest BCUT2D eigenvalue weighted by Crippen LogP contribution is -2.28. The zero-order valence-electron chi connectivity index (χ0n) is 9.56. The number of aryl methyl sites for hydroxylation is 1. The number of aromatic nitrogens is 1. The third kappa shape index (κ3) is 2.04. The smallest absolute Gasteiger partial charge is 0.347 e. The molecule has 16 heavy (non-hydrogen) atoms. The average Bonchev–Trinajstić information content (AvgIpc) is 2.84. The Bertz CT molecular complexity index is 397. The molecule has 1 heterocycles. The molecule has 0 aromatic carbocycles. The van der Waals surface area contributed by atoms with Crippen molar-refractivity contribution in [2.45, 2.75) is 38.6 Å². The van der Waals surface area contributed by atoms with Crippen LogP contribution >= 0.6 is 11.3 Å². The highest BCUT2D eigenvalue weighted by molar-refractivity contribution is 7.17. The van der Waals surface area contributed by atoms with Crippen molar-refractivity contribution in [2.24, 2.45) is 0 Å². The first-order chi connectivity index (χ1) is 7.59. The van der Waals surface area contributed by atoms with E-state index in [2.05, 4.69) is 9.88 Å². The Morgan fingerprint density at radius 1 is 1.50 bits per heavy atom. The summed E-state index contributed by atoms with van der Waals surface area (Å²) in [6.07, 6.45) is 4.92. The molecule has 88 valence electrons. The first-order valence-corrected chi connectivity index (χ1v) is 6.35. The van der Waals surface area contributed by atoms with Gasteiger partial charge in [-0.15, -0.1) is 0 Å². The van der Waals surface area contributed by atoms with Crippen LogP contribution in [-0.4, -0.2) is 29.1 Å². The molecule has 1 aromatic heterocycles. The summed E-state index contributed by atoms with van der Waals surface area (Å²) < 4.78 is 0. The highest BCUT2D eigenvalue weighted by atomic mass is 32.1. The number of rotatable bonds is 3. The molecule has 4 nitrogen and oxygen atoms in total. The fraction of sp³-hybridized carbons (Fsp3) is 0.636. The highest BCUT2D eigenvalue weighted by Crippen LogP contribution is 2.31. The van der Waals surface area contributed by atoms with E-state index in [4.69, 9.17) is 5.11 Å². The van der Waals surface area contributed by atoms with Crippen molar-refractivity contribution in [1.29, 1.82) is 0 Å². The number of carbonyl (C=O) groups is 1. The van der Waals surface area contributed by atoms with Crippen LogP contribution in [0.4, 0.5) is 5.13 Å². The standard InChI is InChI=1S/C11H16N2O2S/c1-7-9(10(14)15)16-11(12-7)13(2)8-5-3-4-6-8/h8H,3-6H2,1-2H3,(H,14,15). The maximum atomic E-state index is 10.9. The van der Waals surface area contributed by atoms with Gasteiger partial charge >= 0.3 is 5.97 Å². The molecule has 1 aliphatic carbocycles. The van der Waals surface area contributed by atoms with Crippen molar-refractivity contribution in [3.8, 4) is 0 Å². The molecule has 1 aromatic rings. The molecule has 0 atom stereocenters. The van der Waals surface area contributed by atoms with Crippen LogP contribution < -0.4 is 4.90 Å². The van der Waals surface area contributed by atoms with Crippen molar-refractivity contribution in [1.82, 2.24) is 4.98 Å². The van der Waals surface area contributed by atoms with Gasteiger partial charge in [-0.05, 0) is 19.8 Å². The second kappa shape index (κ2) is 4.41. The lowest BCUT2D eigenvalue weighted by molar-refractivity contribution is 0.0701. The first kappa shape index (κ1) is 11.4. The van der Waals surface area contributed by atoms with Crippen LogP contribution in [0, 0.1) is 6.92 Å². The monoisotopic (exact) mass is 240 g/mol. The molecule has 0 radical (unpaired) electrons. The van der Waals surface area contributed by atoms with E-state index in [0.717, 1.165) is 5.13 Å². The van der Waals surface area contributed by atoms with E-state index in [1.807, 2.05) is 7.05 Å². The van der Waals surface area contributed by atoms with Crippen LogP contribution in [0.25, 0.3) is 0 Å². The minimum absolute atomic E-state index is 0.361. The topological polar surface area (TPSA) is 53.4 Å². The van der Waals surface area contributed by atoms with Crippen molar-refractivity contribution < 1.29 is 9.90 Å². The van der Waals surface area contributed by atoms with Gasteiger partial charge in [0.05, 0.1) is 5.69 Å². The van der Waals surface area contributed by atoms with E-state index in [9.17, 15) is 4.79 Å². The first-order valence-electron chi connectivity index (χ1n) is 5.53. The van der Waals surface area contributed by atoms with Crippen LogP contribution in [0.15, 0.2) is 0 Å². The zero-order valence-corrected chi connectivity index (χ0v) is 10.4. The number of anilines is 1. The third-order valence-corrected chi connectivity index (χ3v) is 4.39. The molecule has 0 unspecified atom stereocenters. The largest absolute Gasteiger partial charge is 0.477 e. The Morgan fingerprint density at radius 2 is 2.12 bits per heavy atom. The SMILES string of the molecule is Cc1nc(N(C)C2CCCC2)sc1C(=O)O. The maximum absolute atomic E-state index is 10.9. The minimum Gasteiger partial charge on any atom is -0.477 e. The number of aromatic carboxylic acids is 1. The number of hydrogen-bond acceptors (Lipinski definition) is 4. The molecule has 0 spiro atoms. The van der Waals surface area contributed by atoms with Gasteiger partial charge in [0.25, 0.3) is 0 Å². The quantitative estimate of drug-likeness (QED) is 0.882. The maximum Gasteiger partial charge on any atom is 0.347 e. The van der Waals surface area contributed by atoms with E-state index in [1.165, 1.54) is 37.0 Å². The van der Waals surface area contributed by atoms with Crippen molar-refractivity contribution >= 4 is 22.4 Å². The van der Waals surface area contributed by atoms with E-state index in [1.54, 1.807) is 6.92 Å². The van der Waals surface area contributed by atoms with E-state index >= 15 is 0 Å². The second-order valence-corrected chi connectivity index (χ2v) is 5.24. The van der Waals surface area contributed by atoms with Gasteiger partial charge in [-0.1, -0.05) is 24.2 Å². The van der Waals surface area contributed by atoms with Crippen LogP contribution in [0.2, 0.25) is 0 Å². The molecular formula is C11H16N2O2S. The van der Waals surface area contributed by atoms with E-state index < -0.39 is 5.97 Å². The van der Waals surface area contributed by atoms with Crippen LogP contribution in [0.5, 0.6) is 0 Å². The summed E-state index contributed by atoms with van der Waals surface area (Å²) in [7, 11) is 2.01. The van der Waals surface area contributed by atoms with E-state index in [0.29, 0.717) is 16.6 Å². The molecule has 1 N–H and O–H groups in total. The van der Waals surface area contributed by atoms with E-state index in [-0.39, 0.29) is 0 Å². The Hall–Kier alpha value is -1.10. The van der Waals surface area contributed by atoms with Crippen LogP contribution in [0.1, 0.15) is 41.0 Å². The number of thiazole rings is 1. The van der Waals surface area contributed by atoms with Crippen molar-refractivity contribution in [3.63, 3.8) is 0 Å². The predicted octanol–water partition coefficient (Wildman–Crippen LogP) is 2.53. The Morgan fingerprint density at radius 3 is 2.62 bits per heavy atom. The molecule has 1 aliphatic rings. The van der Waals surface area contributed by atoms with Gasteiger partial charge in [0, 0.05) is 13.1 Å². The van der Waals surface area contributed by atoms with Gasteiger partial charge in [0.1, 0.15) is 4.88 Å². The van der Waals surface area contributed by atoms with Crippen molar-refractivity contribution in [3.05, 3.63) is 10.6 Å². The normalized spacial score (nSPS) is 16.6. The van der Waals surface area contributed by atoms with Crippen LogP contribution in [-0.2, 0) is 0 Å². The van der Waals surface area contributed by atoms with Gasteiger partial charge in [-0.2, -0.15) is 0 Å². The van der Waals surface area contributed by atoms with Crippen molar-refractivity contribution in [2.75, 3.05) is 11.9 Å². The average molecular weight is 240 g/mol. The number of carboxylic acid groups (broad SMARTS) is 1. The molecule has 1 saturated carbocycles. The summed E-state index contributed by atoms with van der Waals surface area (Å²) in [5.74, 6) is -0.874. The minimum atomic E-state index is -0.874.